The van der Waals surface area contributed by atoms with E-state index in [1.54, 1.807) is 12.3 Å². The van der Waals surface area contributed by atoms with Crippen LogP contribution < -0.4 is 10.2 Å². The van der Waals surface area contributed by atoms with Gasteiger partial charge in [0.15, 0.2) is 11.6 Å². The van der Waals surface area contributed by atoms with Gasteiger partial charge in [0.25, 0.3) is 0 Å². The number of rotatable bonds is 4. The van der Waals surface area contributed by atoms with E-state index in [2.05, 4.69) is 37.1 Å². The Labute approximate surface area is 114 Å². The van der Waals surface area contributed by atoms with Gasteiger partial charge in [0.2, 0.25) is 0 Å². The van der Waals surface area contributed by atoms with E-state index in [9.17, 15) is 4.39 Å². The molecule has 0 aliphatic carbocycles. The van der Waals surface area contributed by atoms with Crippen molar-refractivity contribution in [2.24, 2.45) is 0 Å². The molecule has 1 aliphatic heterocycles. The molecule has 0 amide bonds. The molecule has 0 bridgehead atoms. The Balaban J connectivity index is 2.17. The van der Waals surface area contributed by atoms with Gasteiger partial charge in [0.05, 0.1) is 0 Å². The van der Waals surface area contributed by atoms with Crippen molar-refractivity contribution in [2.75, 3.05) is 18.0 Å². The minimum Gasteiger partial charge on any atom is -0.350 e. The van der Waals surface area contributed by atoms with Crippen LogP contribution >= 0.6 is 0 Å². The molecule has 0 unspecified atom stereocenters. The first-order valence-electron chi connectivity index (χ1n) is 6.85. The Hall–Kier alpha value is -1.42. The molecule has 0 saturated carbocycles. The number of nitrogens with one attached hydrogen (secondary N) is 1. The first-order valence-corrected chi connectivity index (χ1v) is 6.85. The molecular formula is C15H22FN3. The summed E-state index contributed by atoms with van der Waals surface area (Å²) in [6, 6.07) is 2.09. The molecular weight excluding hydrogens is 241 g/mol. The Morgan fingerprint density at radius 1 is 1.47 bits per heavy atom. The zero-order valence-corrected chi connectivity index (χ0v) is 11.9. The molecule has 0 radical (unpaired) electrons. The van der Waals surface area contributed by atoms with Crippen LogP contribution in [0.15, 0.2) is 23.9 Å². The number of anilines is 1. The van der Waals surface area contributed by atoms with Gasteiger partial charge in [0.1, 0.15) is 0 Å². The topological polar surface area (TPSA) is 28.2 Å². The predicted molar refractivity (Wildman–Crippen MR) is 76.8 cm³/mol. The summed E-state index contributed by atoms with van der Waals surface area (Å²) in [5.41, 5.74) is 1.96. The van der Waals surface area contributed by atoms with Gasteiger partial charge in [-0.2, -0.15) is 0 Å². The van der Waals surface area contributed by atoms with Crippen LogP contribution in [-0.2, 0) is 6.54 Å². The molecule has 1 aliphatic rings. The molecule has 0 atom stereocenters. The third-order valence-electron chi connectivity index (χ3n) is 3.28. The van der Waals surface area contributed by atoms with Crippen molar-refractivity contribution in [1.82, 2.24) is 10.3 Å². The van der Waals surface area contributed by atoms with Crippen molar-refractivity contribution in [3.05, 3.63) is 35.3 Å². The maximum Gasteiger partial charge on any atom is 0.170 e. The van der Waals surface area contributed by atoms with Crippen LogP contribution in [-0.4, -0.2) is 24.1 Å². The number of pyridine rings is 1. The van der Waals surface area contributed by atoms with Gasteiger partial charge in [-0.15, -0.1) is 0 Å². The summed E-state index contributed by atoms with van der Waals surface area (Å²) in [7, 11) is 0. The first-order chi connectivity index (χ1) is 9.08. The molecule has 2 heterocycles. The zero-order chi connectivity index (χ0) is 13.8. The Morgan fingerprint density at radius 3 is 2.95 bits per heavy atom. The summed E-state index contributed by atoms with van der Waals surface area (Å²) in [4.78, 5) is 6.24. The highest BCUT2D eigenvalue weighted by atomic mass is 19.1. The van der Waals surface area contributed by atoms with E-state index in [0.717, 1.165) is 19.5 Å². The van der Waals surface area contributed by atoms with Crippen LogP contribution in [0.4, 0.5) is 10.2 Å². The molecule has 0 aromatic carbocycles. The maximum absolute atomic E-state index is 14.5. The molecule has 0 spiro atoms. The van der Waals surface area contributed by atoms with Gasteiger partial charge >= 0.3 is 0 Å². The fourth-order valence-electron chi connectivity index (χ4n) is 2.23. The van der Waals surface area contributed by atoms with Gasteiger partial charge < -0.3 is 10.2 Å². The van der Waals surface area contributed by atoms with E-state index >= 15 is 0 Å². The number of nitrogens with zero attached hydrogens (tertiary/aromatic N) is 2. The van der Waals surface area contributed by atoms with Crippen molar-refractivity contribution < 1.29 is 4.39 Å². The average molecular weight is 263 g/mol. The Kier molecular flexibility index (Phi) is 4.53. The summed E-state index contributed by atoms with van der Waals surface area (Å²) in [5, 5.41) is 3.24. The van der Waals surface area contributed by atoms with Crippen molar-refractivity contribution in [3.63, 3.8) is 0 Å². The second kappa shape index (κ2) is 6.15. The third kappa shape index (κ3) is 3.53. The number of hydrogen-bond acceptors (Lipinski definition) is 3. The highest BCUT2D eigenvalue weighted by Crippen LogP contribution is 2.22. The van der Waals surface area contributed by atoms with E-state index in [4.69, 9.17) is 0 Å². The van der Waals surface area contributed by atoms with E-state index in [0.29, 0.717) is 24.0 Å². The van der Waals surface area contributed by atoms with Gasteiger partial charge in [-0.05, 0) is 19.4 Å². The molecule has 1 aromatic rings. The lowest BCUT2D eigenvalue weighted by atomic mass is 10.1. The lowest BCUT2D eigenvalue weighted by molar-refractivity contribution is 0.547. The predicted octanol–water partition coefficient (Wildman–Crippen LogP) is 2.88. The normalized spacial score (nSPS) is 15.8. The molecule has 2 rings (SSSR count). The minimum absolute atomic E-state index is 0.189. The van der Waals surface area contributed by atoms with Crippen molar-refractivity contribution in [1.29, 1.82) is 0 Å². The average Bonchev–Trinajstić information content (AvgIpc) is 2.37. The summed E-state index contributed by atoms with van der Waals surface area (Å²) in [5.74, 6) is 0.292. The fourth-order valence-corrected chi connectivity index (χ4v) is 2.23. The second-order valence-corrected chi connectivity index (χ2v) is 5.40. The van der Waals surface area contributed by atoms with Gasteiger partial charge in [-0.25, -0.2) is 9.37 Å². The largest absolute Gasteiger partial charge is 0.350 e. The van der Waals surface area contributed by atoms with Gasteiger partial charge in [0, 0.05) is 37.4 Å². The van der Waals surface area contributed by atoms with Crippen LogP contribution in [0.5, 0.6) is 0 Å². The van der Waals surface area contributed by atoms with Gasteiger partial charge in [-0.1, -0.05) is 25.5 Å². The fraction of sp³-hybridized carbons (Fsp3) is 0.533. The molecule has 4 heteroatoms. The van der Waals surface area contributed by atoms with E-state index < -0.39 is 0 Å². The zero-order valence-electron chi connectivity index (χ0n) is 11.9. The van der Waals surface area contributed by atoms with E-state index in [1.165, 1.54) is 5.57 Å². The number of hydrogen-bond donors (Lipinski definition) is 1. The Bertz CT molecular complexity index is 468. The molecule has 1 aromatic heterocycles. The van der Waals surface area contributed by atoms with Gasteiger partial charge in [-0.3, -0.25) is 0 Å². The third-order valence-corrected chi connectivity index (χ3v) is 3.28. The summed E-state index contributed by atoms with van der Waals surface area (Å²) < 4.78 is 14.5. The highest BCUT2D eigenvalue weighted by Gasteiger charge is 2.18. The minimum atomic E-state index is -0.189. The van der Waals surface area contributed by atoms with E-state index in [1.807, 2.05) is 4.90 Å². The first kappa shape index (κ1) is 14.0. The van der Waals surface area contributed by atoms with E-state index in [-0.39, 0.29) is 5.82 Å². The molecule has 0 saturated heterocycles. The summed E-state index contributed by atoms with van der Waals surface area (Å²) >= 11 is 0. The van der Waals surface area contributed by atoms with Crippen LogP contribution in [0.2, 0.25) is 0 Å². The monoisotopic (exact) mass is 263 g/mol. The Morgan fingerprint density at radius 2 is 2.26 bits per heavy atom. The molecule has 1 N–H and O–H groups in total. The lowest BCUT2D eigenvalue weighted by Crippen LogP contribution is -2.31. The smallest absolute Gasteiger partial charge is 0.170 e. The standard InChI is InChI=1S/C15H22FN3/c1-11(2)18-9-13-6-7-17-15(14(13)16)19-8-4-5-12(3)10-19/h5-7,11,18H,4,8-10H2,1-3H3. The SMILES string of the molecule is CC1=CCCN(c2nccc(CNC(C)C)c2F)C1. The highest BCUT2D eigenvalue weighted by molar-refractivity contribution is 5.45. The van der Waals surface area contributed by atoms with Crippen LogP contribution in [0.3, 0.4) is 0 Å². The van der Waals surface area contributed by atoms with Crippen LogP contribution in [0.25, 0.3) is 0 Å². The quantitative estimate of drug-likeness (QED) is 0.847. The molecule has 104 valence electrons. The van der Waals surface area contributed by atoms with Crippen molar-refractivity contribution in [2.45, 2.75) is 39.8 Å². The molecule has 19 heavy (non-hydrogen) atoms. The van der Waals surface area contributed by atoms with Crippen LogP contribution in [0, 0.1) is 5.82 Å². The van der Waals surface area contributed by atoms with Crippen molar-refractivity contribution >= 4 is 5.82 Å². The summed E-state index contributed by atoms with van der Waals surface area (Å²) in [6.45, 7) is 8.33. The summed E-state index contributed by atoms with van der Waals surface area (Å²) in [6.07, 6.45) is 4.86. The second-order valence-electron chi connectivity index (χ2n) is 5.40. The maximum atomic E-state index is 14.5. The molecule has 0 fully saturated rings. The molecule has 3 nitrogen and oxygen atoms in total. The van der Waals surface area contributed by atoms with Crippen LogP contribution in [0.1, 0.15) is 32.8 Å². The van der Waals surface area contributed by atoms with Crippen molar-refractivity contribution in [3.8, 4) is 0 Å². The lowest BCUT2D eigenvalue weighted by Gasteiger charge is -2.28. The number of halogens is 1. The number of aromatic nitrogens is 1.